The van der Waals surface area contributed by atoms with Gasteiger partial charge in [-0.1, -0.05) is 54.6 Å². The van der Waals surface area contributed by atoms with Gasteiger partial charge in [-0.05, 0) is 33.5 Å². The second-order valence-electron chi connectivity index (χ2n) is 6.74. The third-order valence-corrected chi connectivity index (χ3v) is 5.01. The van der Waals surface area contributed by atoms with Crippen molar-refractivity contribution in [1.29, 1.82) is 0 Å². The number of rotatable bonds is 10. The molecule has 1 aromatic heterocycles. The Hall–Kier alpha value is -2.91. The first kappa shape index (κ1) is 21.8. The fraction of sp³-hybridized carbons (Fsp3) is 0.263. The minimum Gasteiger partial charge on any atom is -0.354 e. The van der Waals surface area contributed by atoms with Crippen LogP contribution in [-0.2, 0) is 22.2 Å². The lowest BCUT2D eigenvalue weighted by atomic mass is 10.0. The van der Waals surface area contributed by atoms with Crippen molar-refractivity contribution in [3.05, 3.63) is 66.0 Å². The molecule has 0 radical (unpaired) electrons. The van der Waals surface area contributed by atoms with Gasteiger partial charge in [0.05, 0.1) is 12.3 Å². The molecular formula is C19H23N6O4P. The molecule has 2 aromatic carbocycles. The van der Waals surface area contributed by atoms with Crippen molar-refractivity contribution in [2.24, 2.45) is 0 Å². The summed E-state index contributed by atoms with van der Waals surface area (Å²) in [5.41, 5.74) is 3.00. The molecule has 0 spiro atoms. The number of benzene rings is 2. The van der Waals surface area contributed by atoms with Crippen LogP contribution in [0.15, 0.2) is 54.6 Å². The number of nitrogens with zero attached hydrogens (tertiary/aromatic N) is 3. The summed E-state index contributed by atoms with van der Waals surface area (Å²) in [6.07, 6.45) is 0.111. The third kappa shape index (κ3) is 6.85. The first-order valence-corrected chi connectivity index (χ1v) is 11.1. The molecular weight excluding hydrogens is 407 g/mol. The molecule has 3 aromatic rings. The number of tetrazole rings is 1. The van der Waals surface area contributed by atoms with E-state index in [0.717, 1.165) is 16.7 Å². The molecule has 0 saturated carbocycles. The van der Waals surface area contributed by atoms with Gasteiger partial charge < -0.3 is 15.1 Å². The molecule has 1 atom stereocenters. The van der Waals surface area contributed by atoms with Crippen molar-refractivity contribution < 1.29 is 19.1 Å². The van der Waals surface area contributed by atoms with Crippen LogP contribution in [0, 0.1) is 0 Å². The summed E-state index contributed by atoms with van der Waals surface area (Å²) in [7, 11) is -4.30. The molecule has 0 fully saturated rings. The average molecular weight is 430 g/mol. The number of amides is 1. The fourth-order valence-corrected chi connectivity index (χ4v) is 3.36. The van der Waals surface area contributed by atoms with E-state index in [1.807, 2.05) is 54.6 Å². The van der Waals surface area contributed by atoms with Crippen LogP contribution in [0.5, 0.6) is 0 Å². The summed E-state index contributed by atoms with van der Waals surface area (Å²) in [6.45, 7) is 0.288. The van der Waals surface area contributed by atoms with Crippen molar-refractivity contribution in [3.63, 3.8) is 0 Å². The van der Waals surface area contributed by atoms with E-state index >= 15 is 0 Å². The van der Waals surface area contributed by atoms with Crippen molar-refractivity contribution in [1.82, 2.24) is 31.3 Å². The molecule has 0 saturated heterocycles. The van der Waals surface area contributed by atoms with Crippen LogP contribution in [0.2, 0.25) is 0 Å². The molecule has 30 heavy (non-hydrogen) atoms. The summed E-state index contributed by atoms with van der Waals surface area (Å²) in [4.78, 5) is 30.9. The SMILES string of the molecule is O=C(NCCc1nnn[nH]1)[C@H](Cc1ccc(-c2ccccc2)cc1)NCP(=O)(O)O. The Balaban J connectivity index is 1.63. The van der Waals surface area contributed by atoms with Crippen molar-refractivity contribution in [3.8, 4) is 11.1 Å². The van der Waals surface area contributed by atoms with Crippen LogP contribution in [0.4, 0.5) is 0 Å². The van der Waals surface area contributed by atoms with Gasteiger partial charge in [0.15, 0.2) is 0 Å². The minimum absolute atomic E-state index is 0.283. The highest BCUT2D eigenvalue weighted by molar-refractivity contribution is 7.51. The van der Waals surface area contributed by atoms with Crippen LogP contribution in [-0.4, -0.2) is 55.2 Å². The van der Waals surface area contributed by atoms with E-state index in [2.05, 4.69) is 31.3 Å². The van der Waals surface area contributed by atoms with E-state index in [1.165, 1.54) is 0 Å². The standard InChI is InChI=1S/C19H23N6O4P/c26-19(20-11-10-18-22-24-25-23-18)17(21-13-30(27,28)29)12-14-6-8-16(9-7-14)15-4-2-1-3-5-15/h1-9,17,21H,10-13H2,(H,20,26)(H2,27,28,29)(H,22,23,24,25)/t17-/m0/s1. The Kier molecular flexibility index (Phi) is 7.42. The first-order chi connectivity index (χ1) is 14.4. The number of hydrogen-bond acceptors (Lipinski definition) is 6. The predicted molar refractivity (Wildman–Crippen MR) is 110 cm³/mol. The van der Waals surface area contributed by atoms with Gasteiger partial charge in [0, 0.05) is 13.0 Å². The summed E-state index contributed by atoms with van der Waals surface area (Å²) in [5, 5.41) is 18.7. The topological polar surface area (TPSA) is 153 Å². The predicted octanol–water partition coefficient (Wildman–Crippen LogP) is 0.861. The lowest BCUT2D eigenvalue weighted by Crippen LogP contribution is -2.46. The zero-order chi connectivity index (χ0) is 21.4. The maximum atomic E-state index is 12.6. The summed E-state index contributed by atoms with van der Waals surface area (Å²) in [5.74, 6) is 0.176. The maximum Gasteiger partial charge on any atom is 0.339 e. The molecule has 0 aliphatic rings. The summed E-state index contributed by atoms with van der Waals surface area (Å²) in [6, 6.07) is 16.8. The molecule has 5 N–H and O–H groups in total. The highest BCUT2D eigenvalue weighted by Gasteiger charge is 2.22. The lowest BCUT2D eigenvalue weighted by Gasteiger charge is -2.19. The van der Waals surface area contributed by atoms with Gasteiger partial charge in [-0.3, -0.25) is 14.7 Å². The number of carbonyl (C=O) groups is 1. The van der Waals surface area contributed by atoms with Crippen LogP contribution in [0.25, 0.3) is 11.1 Å². The van der Waals surface area contributed by atoms with Gasteiger partial charge in [0.2, 0.25) is 5.91 Å². The largest absolute Gasteiger partial charge is 0.354 e. The van der Waals surface area contributed by atoms with Crippen molar-refractivity contribution in [2.45, 2.75) is 18.9 Å². The van der Waals surface area contributed by atoms with E-state index in [1.54, 1.807) is 0 Å². The summed E-state index contributed by atoms with van der Waals surface area (Å²) < 4.78 is 11.3. The van der Waals surface area contributed by atoms with E-state index in [-0.39, 0.29) is 18.9 Å². The van der Waals surface area contributed by atoms with Crippen LogP contribution in [0.1, 0.15) is 11.4 Å². The van der Waals surface area contributed by atoms with Crippen LogP contribution >= 0.6 is 7.60 Å². The summed E-state index contributed by atoms with van der Waals surface area (Å²) >= 11 is 0. The highest BCUT2D eigenvalue weighted by Crippen LogP contribution is 2.32. The number of H-pyrrole nitrogens is 1. The zero-order valence-corrected chi connectivity index (χ0v) is 17.0. The van der Waals surface area contributed by atoms with Gasteiger partial charge in [-0.25, -0.2) is 5.10 Å². The van der Waals surface area contributed by atoms with Crippen LogP contribution < -0.4 is 10.6 Å². The van der Waals surface area contributed by atoms with Crippen molar-refractivity contribution in [2.75, 3.05) is 12.8 Å². The molecule has 158 valence electrons. The van der Waals surface area contributed by atoms with Gasteiger partial charge in [0.1, 0.15) is 5.82 Å². The molecule has 3 rings (SSSR count). The molecule has 11 heteroatoms. The van der Waals surface area contributed by atoms with E-state index < -0.39 is 19.9 Å². The van der Waals surface area contributed by atoms with Gasteiger partial charge >= 0.3 is 7.60 Å². The number of carbonyl (C=O) groups excluding carboxylic acids is 1. The maximum absolute atomic E-state index is 12.6. The molecule has 10 nitrogen and oxygen atoms in total. The van der Waals surface area contributed by atoms with E-state index in [4.69, 9.17) is 9.79 Å². The fourth-order valence-electron chi connectivity index (χ4n) is 2.90. The Morgan fingerprint density at radius 1 is 1.07 bits per heavy atom. The Bertz CT molecular complexity index is 976. The molecule has 1 amide bonds. The molecule has 0 aliphatic carbocycles. The number of nitrogens with one attached hydrogen (secondary N) is 3. The first-order valence-electron chi connectivity index (χ1n) is 9.33. The Labute approximate surface area is 173 Å². The highest BCUT2D eigenvalue weighted by atomic mass is 31.2. The van der Waals surface area contributed by atoms with Crippen LogP contribution in [0.3, 0.4) is 0 Å². The smallest absolute Gasteiger partial charge is 0.339 e. The number of hydrogen-bond donors (Lipinski definition) is 5. The van der Waals surface area contributed by atoms with Gasteiger partial charge in [-0.15, -0.1) is 5.10 Å². The van der Waals surface area contributed by atoms with Gasteiger partial charge in [-0.2, -0.15) is 0 Å². The number of aromatic amines is 1. The Morgan fingerprint density at radius 2 is 1.77 bits per heavy atom. The molecule has 1 heterocycles. The monoisotopic (exact) mass is 430 g/mol. The van der Waals surface area contributed by atoms with Crippen molar-refractivity contribution >= 4 is 13.5 Å². The normalized spacial score (nSPS) is 12.5. The number of aromatic nitrogens is 4. The third-order valence-electron chi connectivity index (χ3n) is 4.41. The quantitative estimate of drug-likeness (QED) is 0.297. The van der Waals surface area contributed by atoms with Gasteiger partial charge in [0.25, 0.3) is 0 Å². The zero-order valence-electron chi connectivity index (χ0n) is 16.1. The second kappa shape index (κ2) is 10.2. The second-order valence-corrected chi connectivity index (χ2v) is 8.38. The lowest BCUT2D eigenvalue weighted by molar-refractivity contribution is -0.123. The van der Waals surface area contributed by atoms with E-state index in [9.17, 15) is 9.36 Å². The molecule has 0 aliphatic heterocycles. The molecule has 0 bridgehead atoms. The average Bonchev–Trinajstić information content (AvgIpc) is 3.25. The van der Waals surface area contributed by atoms with E-state index in [0.29, 0.717) is 12.2 Å². The molecule has 0 unspecified atom stereocenters. The Morgan fingerprint density at radius 3 is 2.40 bits per heavy atom. The minimum atomic E-state index is -4.30.